The number of unbranched alkanes of at least 4 members (excludes halogenated alkanes) is 1. The monoisotopic (exact) mass is 686 g/mol. The maximum absolute atomic E-state index is 13.9. The van der Waals surface area contributed by atoms with Gasteiger partial charge in [-0.15, -0.1) is 12.4 Å². The quantitative estimate of drug-likeness (QED) is 0.292. The molecule has 0 unspecified atom stereocenters. The fraction of sp³-hybridized carbons (Fsp3) is 0.583. The highest BCUT2D eigenvalue weighted by Gasteiger charge is 2.55. The van der Waals surface area contributed by atoms with Crippen LogP contribution in [0, 0.1) is 11.8 Å². The average molecular weight is 687 g/mol. The van der Waals surface area contributed by atoms with E-state index in [0.717, 1.165) is 18.4 Å². The molecule has 0 aromatic heterocycles. The van der Waals surface area contributed by atoms with E-state index in [1.54, 1.807) is 30.2 Å². The Balaban J connectivity index is 0.00000520. The first-order valence-electron chi connectivity index (χ1n) is 17.0. The minimum Gasteiger partial charge on any atom is -0.493 e. The van der Waals surface area contributed by atoms with Crippen LogP contribution in [0.15, 0.2) is 42.5 Å². The number of piperazine rings is 1. The summed E-state index contributed by atoms with van der Waals surface area (Å²) in [5.74, 6) is 1.14. The van der Waals surface area contributed by atoms with Crippen LogP contribution in [0.2, 0.25) is 0 Å². The van der Waals surface area contributed by atoms with E-state index in [9.17, 15) is 19.5 Å². The zero-order valence-electron chi connectivity index (χ0n) is 28.5. The van der Waals surface area contributed by atoms with Crippen molar-refractivity contribution in [1.82, 2.24) is 15.1 Å². The highest BCUT2D eigenvalue weighted by molar-refractivity contribution is 6.00. The number of nitrogens with one attached hydrogen (secondary N) is 2. The molecule has 3 saturated heterocycles. The number of carbonyl (C=O) groups is 3. The van der Waals surface area contributed by atoms with E-state index in [2.05, 4.69) is 22.5 Å². The van der Waals surface area contributed by atoms with Crippen LogP contribution in [0.4, 0.5) is 5.69 Å². The molecule has 12 heteroatoms. The number of piperidine rings is 1. The van der Waals surface area contributed by atoms with Crippen molar-refractivity contribution in [3.63, 3.8) is 0 Å². The van der Waals surface area contributed by atoms with E-state index in [-0.39, 0.29) is 42.0 Å². The Morgan fingerprint density at radius 1 is 1.08 bits per heavy atom. The highest BCUT2D eigenvalue weighted by atomic mass is 35.5. The number of amides is 3. The van der Waals surface area contributed by atoms with Gasteiger partial charge in [0.05, 0.1) is 13.2 Å². The molecule has 2 aromatic rings. The number of methoxy groups -OCH3 is 1. The summed E-state index contributed by atoms with van der Waals surface area (Å²) in [4.78, 5) is 43.8. The Labute approximate surface area is 290 Å². The largest absolute Gasteiger partial charge is 0.493 e. The fourth-order valence-corrected chi connectivity index (χ4v) is 6.78. The highest BCUT2D eigenvalue weighted by Crippen LogP contribution is 2.37. The summed E-state index contributed by atoms with van der Waals surface area (Å²) in [6.07, 6.45) is 3.26. The predicted molar refractivity (Wildman–Crippen MR) is 186 cm³/mol. The van der Waals surface area contributed by atoms with Crippen LogP contribution in [0.5, 0.6) is 17.2 Å². The number of hydrogen-bond donors (Lipinski definition) is 3. The van der Waals surface area contributed by atoms with Crippen LogP contribution in [0.1, 0.15) is 64.9 Å². The number of nitrogens with zero attached hydrogens (tertiary/aromatic N) is 2. The Hall–Kier alpha value is -3.38. The molecule has 0 bridgehead atoms. The van der Waals surface area contributed by atoms with Crippen molar-refractivity contribution in [2.45, 2.75) is 83.5 Å². The SMILES string of the molecule is CCCCN1C(=O)[C@@H]([C@H](O)C2CCOCC2)NC(=O)C12CCN(Cc1ccc(Oc3ccc(NC(=O)C(C)C)cc3OC)cc1)CC2.Cl. The molecule has 0 radical (unpaired) electrons. The van der Waals surface area contributed by atoms with Crippen molar-refractivity contribution in [2.75, 3.05) is 45.3 Å². The van der Waals surface area contributed by atoms with Gasteiger partial charge in [-0.25, -0.2) is 0 Å². The molecule has 0 aliphatic carbocycles. The van der Waals surface area contributed by atoms with Gasteiger partial charge in [-0.3, -0.25) is 19.3 Å². The van der Waals surface area contributed by atoms with E-state index in [4.69, 9.17) is 14.2 Å². The van der Waals surface area contributed by atoms with Gasteiger partial charge in [0.15, 0.2) is 11.5 Å². The van der Waals surface area contributed by atoms with Crippen molar-refractivity contribution < 1.29 is 33.7 Å². The third kappa shape index (κ3) is 8.42. The smallest absolute Gasteiger partial charge is 0.248 e. The maximum Gasteiger partial charge on any atom is 0.248 e. The second kappa shape index (κ2) is 16.8. The lowest BCUT2D eigenvalue weighted by atomic mass is 9.79. The molecule has 1 spiro atoms. The predicted octanol–water partition coefficient (Wildman–Crippen LogP) is 4.75. The van der Waals surface area contributed by atoms with Crippen LogP contribution >= 0.6 is 12.4 Å². The Morgan fingerprint density at radius 3 is 2.40 bits per heavy atom. The van der Waals surface area contributed by atoms with Crippen molar-refractivity contribution in [1.29, 1.82) is 0 Å². The zero-order valence-corrected chi connectivity index (χ0v) is 29.4. The van der Waals surface area contributed by atoms with Gasteiger partial charge < -0.3 is 34.9 Å². The molecule has 264 valence electrons. The molecular weight excluding hydrogens is 636 g/mol. The molecule has 11 nitrogen and oxygen atoms in total. The van der Waals surface area contributed by atoms with Gasteiger partial charge in [0.1, 0.15) is 17.3 Å². The van der Waals surface area contributed by atoms with Gasteiger partial charge >= 0.3 is 0 Å². The molecular formula is C36H51ClN4O7. The molecule has 3 amide bonds. The lowest BCUT2D eigenvalue weighted by Gasteiger charge is -2.52. The van der Waals surface area contributed by atoms with Crippen molar-refractivity contribution in [3.05, 3.63) is 48.0 Å². The zero-order chi connectivity index (χ0) is 33.6. The number of aliphatic hydroxyl groups is 1. The molecule has 0 saturated carbocycles. The number of carbonyl (C=O) groups excluding carboxylic acids is 3. The van der Waals surface area contributed by atoms with E-state index < -0.39 is 17.7 Å². The Bertz CT molecular complexity index is 1390. The number of anilines is 1. The Kier molecular flexibility index (Phi) is 13.1. The molecule has 2 aromatic carbocycles. The molecule has 2 atom stereocenters. The molecule has 3 N–H and O–H groups in total. The summed E-state index contributed by atoms with van der Waals surface area (Å²) in [7, 11) is 1.56. The average Bonchev–Trinajstić information content (AvgIpc) is 3.08. The van der Waals surface area contributed by atoms with Gasteiger partial charge in [0, 0.05) is 57.1 Å². The molecule has 3 heterocycles. The van der Waals surface area contributed by atoms with E-state index in [1.807, 2.05) is 38.1 Å². The summed E-state index contributed by atoms with van der Waals surface area (Å²) < 4.78 is 17.0. The van der Waals surface area contributed by atoms with Gasteiger partial charge in [0.25, 0.3) is 0 Å². The number of halogens is 1. The van der Waals surface area contributed by atoms with Crippen molar-refractivity contribution >= 4 is 35.8 Å². The molecule has 5 rings (SSSR count). The van der Waals surface area contributed by atoms with Gasteiger partial charge in [0.2, 0.25) is 17.7 Å². The third-order valence-electron chi connectivity index (χ3n) is 9.78. The first-order valence-corrected chi connectivity index (χ1v) is 17.0. The van der Waals surface area contributed by atoms with E-state index >= 15 is 0 Å². The van der Waals surface area contributed by atoms with Crippen LogP contribution in [0.25, 0.3) is 0 Å². The standard InChI is InChI=1S/C36H50N4O7.ClH/c1-5-6-17-40-34(43)31(32(41)26-13-20-46-21-14-26)38-35(44)36(40)15-18-39(19-16-36)23-25-7-10-28(11-8-25)47-29-12-9-27(22-30(29)45-4)37-33(42)24(2)3;/h7-12,22,24,26,31-32,41H,5-6,13-21,23H2,1-4H3,(H,37,42)(H,38,44);1H/t31-,32-;/m1./s1. The number of ether oxygens (including phenoxy) is 3. The molecule has 3 aliphatic heterocycles. The van der Waals surface area contributed by atoms with Crippen LogP contribution in [-0.4, -0.2) is 90.3 Å². The van der Waals surface area contributed by atoms with E-state index in [1.165, 1.54) is 0 Å². The summed E-state index contributed by atoms with van der Waals surface area (Å²) in [6, 6.07) is 12.3. The molecule has 3 fully saturated rings. The Morgan fingerprint density at radius 2 is 1.77 bits per heavy atom. The number of hydrogen-bond acceptors (Lipinski definition) is 8. The second-order valence-corrected chi connectivity index (χ2v) is 13.3. The normalized spacial score (nSPS) is 20.6. The van der Waals surface area contributed by atoms with Gasteiger partial charge in [-0.1, -0.05) is 39.3 Å². The van der Waals surface area contributed by atoms with Crippen LogP contribution in [-0.2, 0) is 25.7 Å². The topological polar surface area (TPSA) is 130 Å². The second-order valence-electron chi connectivity index (χ2n) is 13.3. The minimum absolute atomic E-state index is 0. The summed E-state index contributed by atoms with van der Waals surface area (Å²) in [5.41, 5.74) is 0.861. The number of aliphatic hydroxyl groups excluding tert-OH is 1. The number of likely N-dealkylation sites (tertiary alicyclic amines) is 1. The summed E-state index contributed by atoms with van der Waals surface area (Å²) in [6.45, 7) is 9.45. The maximum atomic E-state index is 13.9. The van der Waals surface area contributed by atoms with Crippen molar-refractivity contribution in [2.24, 2.45) is 11.8 Å². The lowest BCUT2D eigenvalue weighted by molar-refractivity contribution is -0.166. The van der Waals surface area contributed by atoms with Crippen LogP contribution in [0.3, 0.4) is 0 Å². The number of rotatable bonds is 12. The van der Waals surface area contributed by atoms with E-state index in [0.29, 0.717) is 88.0 Å². The summed E-state index contributed by atoms with van der Waals surface area (Å²) in [5, 5.41) is 17.0. The third-order valence-corrected chi connectivity index (χ3v) is 9.78. The summed E-state index contributed by atoms with van der Waals surface area (Å²) >= 11 is 0. The molecule has 48 heavy (non-hydrogen) atoms. The van der Waals surface area contributed by atoms with Gasteiger partial charge in [-0.2, -0.15) is 0 Å². The van der Waals surface area contributed by atoms with Crippen LogP contribution < -0.4 is 20.1 Å². The van der Waals surface area contributed by atoms with Crippen molar-refractivity contribution in [3.8, 4) is 17.2 Å². The first-order chi connectivity index (χ1) is 22.6. The first kappa shape index (κ1) is 37.4. The molecule has 3 aliphatic rings. The van der Waals surface area contributed by atoms with Gasteiger partial charge in [-0.05, 0) is 67.9 Å². The number of benzene rings is 2. The minimum atomic E-state index is -0.915. The fourth-order valence-electron chi connectivity index (χ4n) is 6.78. The lowest BCUT2D eigenvalue weighted by Crippen LogP contribution is -2.75.